The second kappa shape index (κ2) is 6.33. The molecule has 2 heteroatoms. The van der Waals surface area contributed by atoms with Crippen LogP contribution in [0.2, 0.25) is 0 Å². The molecule has 1 aromatic carbocycles. The van der Waals surface area contributed by atoms with Gasteiger partial charge in [-0.25, -0.2) is 0 Å². The van der Waals surface area contributed by atoms with Gasteiger partial charge in [0, 0.05) is 0 Å². The minimum atomic E-state index is -0.546. The smallest absolute Gasteiger partial charge is 0.119 e. The highest BCUT2D eigenvalue weighted by atomic mass is 16.5. The summed E-state index contributed by atoms with van der Waals surface area (Å²) in [6, 6.07) is 7.61. The van der Waals surface area contributed by atoms with Gasteiger partial charge in [0.1, 0.15) is 5.75 Å². The molecule has 1 aromatic rings. The zero-order chi connectivity index (χ0) is 12.0. The average Bonchev–Trinajstić information content (AvgIpc) is 2.26. The van der Waals surface area contributed by atoms with Crippen molar-refractivity contribution in [1.82, 2.24) is 0 Å². The number of allylic oxidation sites excluding steroid dienone is 1. The lowest BCUT2D eigenvalue weighted by atomic mass is 10.1. The summed E-state index contributed by atoms with van der Waals surface area (Å²) in [5.74, 6) is 0.820. The number of aliphatic hydroxyl groups is 1. The fraction of sp³-hybridized carbons (Fsp3) is 0.429. The first-order valence-electron chi connectivity index (χ1n) is 5.69. The minimum Gasteiger partial charge on any atom is -0.494 e. The Bertz CT molecular complexity index is 352. The summed E-state index contributed by atoms with van der Waals surface area (Å²) in [6.07, 6.45) is 2.27. The molecule has 1 unspecified atom stereocenters. The van der Waals surface area contributed by atoms with Gasteiger partial charge in [0.05, 0.1) is 12.7 Å². The van der Waals surface area contributed by atoms with Crippen molar-refractivity contribution in [2.24, 2.45) is 0 Å². The van der Waals surface area contributed by atoms with Crippen LogP contribution in [-0.4, -0.2) is 11.7 Å². The van der Waals surface area contributed by atoms with Crippen LogP contribution in [0.4, 0.5) is 0 Å². The zero-order valence-corrected chi connectivity index (χ0v) is 10.2. The highest BCUT2D eigenvalue weighted by Gasteiger charge is 2.04. The van der Waals surface area contributed by atoms with Crippen LogP contribution in [0.1, 0.15) is 38.9 Å². The molecule has 0 heterocycles. The Morgan fingerprint density at radius 2 is 2.19 bits per heavy atom. The lowest BCUT2D eigenvalue weighted by Crippen LogP contribution is -1.98. The zero-order valence-electron chi connectivity index (χ0n) is 10.2. The average molecular weight is 220 g/mol. The van der Waals surface area contributed by atoms with E-state index in [0.29, 0.717) is 6.61 Å². The van der Waals surface area contributed by atoms with E-state index in [9.17, 15) is 5.11 Å². The van der Waals surface area contributed by atoms with Gasteiger partial charge in [-0.3, -0.25) is 0 Å². The second-order valence-electron chi connectivity index (χ2n) is 4.11. The van der Waals surface area contributed by atoms with E-state index in [0.717, 1.165) is 23.3 Å². The largest absolute Gasteiger partial charge is 0.494 e. The van der Waals surface area contributed by atoms with Gasteiger partial charge in [0.25, 0.3) is 0 Å². The van der Waals surface area contributed by atoms with Gasteiger partial charge < -0.3 is 9.84 Å². The molecule has 0 aromatic heterocycles. The van der Waals surface area contributed by atoms with Crippen molar-refractivity contribution in [3.05, 3.63) is 41.5 Å². The Kier molecular flexibility index (Phi) is 5.06. The Hall–Kier alpha value is -1.28. The summed E-state index contributed by atoms with van der Waals surface area (Å²) in [5, 5.41) is 9.91. The molecule has 0 radical (unpaired) electrons. The molecule has 88 valence electrons. The maximum Gasteiger partial charge on any atom is 0.119 e. The number of benzene rings is 1. The molecule has 0 aliphatic carbocycles. The first kappa shape index (κ1) is 12.8. The molecule has 0 bridgehead atoms. The normalized spacial score (nSPS) is 12.0. The van der Waals surface area contributed by atoms with E-state index in [1.54, 1.807) is 0 Å². The van der Waals surface area contributed by atoms with E-state index in [1.165, 1.54) is 0 Å². The third-order valence-electron chi connectivity index (χ3n) is 2.16. The van der Waals surface area contributed by atoms with Gasteiger partial charge in [-0.15, -0.1) is 0 Å². The van der Waals surface area contributed by atoms with Crippen LogP contribution in [0.15, 0.2) is 35.9 Å². The van der Waals surface area contributed by atoms with Gasteiger partial charge in [0.2, 0.25) is 0 Å². The third-order valence-corrected chi connectivity index (χ3v) is 2.16. The van der Waals surface area contributed by atoms with Gasteiger partial charge in [-0.1, -0.05) is 30.7 Å². The molecule has 1 rings (SSSR count). The van der Waals surface area contributed by atoms with Gasteiger partial charge in [0.15, 0.2) is 0 Å². The summed E-state index contributed by atoms with van der Waals surface area (Å²) < 4.78 is 5.52. The molecule has 2 nitrogen and oxygen atoms in total. The second-order valence-corrected chi connectivity index (χ2v) is 4.11. The van der Waals surface area contributed by atoms with Crippen LogP contribution in [0.25, 0.3) is 0 Å². The Labute approximate surface area is 97.6 Å². The maximum absolute atomic E-state index is 9.91. The summed E-state index contributed by atoms with van der Waals surface area (Å²) in [5.41, 5.74) is 1.97. The highest BCUT2D eigenvalue weighted by molar-refractivity contribution is 5.31. The predicted molar refractivity (Wildman–Crippen MR) is 66.6 cm³/mol. The van der Waals surface area contributed by atoms with E-state index in [1.807, 2.05) is 44.2 Å². The highest BCUT2D eigenvalue weighted by Crippen LogP contribution is 2.21. The topological polar surface area (TPSA) is 29.5 Å². The van der Waals surface area contributed by atoms with E-state index in [2.05, 4.69) is 6.92 Å². The molecule has 0 aliphatic heterocycles. The van der Waals surface area contributed by atoms with E-state index in [-0.39, 0.29) is 0 Å². The summed E-state index contributed by atoms with van der Waals surface area (Å²) in [6.45, 7) is 6.73. The first-order valence-corrected chi connectivity index (χ1v) is 5.69. The molecule has 0 amide bonds. The van der Waals surface area contributed by atoms with Crippen molar-refractivity contribution in [2.45, 2.75) is 33.3 Å². The Balaban J connectivity index is 2.77. The summed E-state index contributed by atoms with van der Waals surface area (Å²) in [4.78, 5) is 0. The van der Waals surface area contributed by atoms with Crippen LogP contribution >= 0.6 is 0 Å². The first-order chi connectivity index (χ1) is 7.63. The quantitative estimate of drug-likeness (QED) is 0.770. The van der Waals surface area contributed by atoms with Crippen LogP contribution in [0, 0.1) is 0 Å². The fourth-order valence-electron chi connectivity index (χ4n) is 1.42. The van der Waals surface area contributed by atoms with Crippen molar-refractivity contribution in [3.8, 4) is 5.75 Å². The van der Waals surface area contributed by atoms with Crippen molar-refractivity contribution in [1.29, 1.82) is 0 Å². The molecular weight excluding hydrogens is 200 g/mol. The van der Waals surface area contributed by atoms with Crippen LogP contribution < -0.4 is 4.74 Å². The molecule has 0 saturated heterocycles. The number of hydrogen-bond acceptors (Lipinski definition) is 2. The number of aliphatic hydroxyl groups excluding tert-OH is 1. The molecule has 1 N–H and O–H groups in total. The van der Waals surface area contributed by atoms with Crippen molar-refractivity contribution < 1.29 is 9.84 Å². The van der Waals surface area contributed by atoms with Crippen molar-refractivity contribution in [2.75, 3.05) is 6.61 Å². The summed E-state index contributed by atoms with van der Waals surface area (Å²) in [7, 11) is 0. The monoisotopic (exact) mass is 220 g/mol. The van der Waals surface area contributed by atoms with Crippen LogP contribution in [-0.2, 0) is 0 Å². The third kappa shape index (κ3) is 4.07. The molecule has 16 heavy (non-hydrogen) atoms. The summed E-state index contributed by atoms with van der Waals surface area (Å²) >= 11 is 0. The van der Waals surface area contributed by atoms with E-state index < -0.39 is 6.10 Å². The van der Waals surface area contributed by atoms with Gasteiger partial charge in [-0.05, 0) is 38.0 Å². The van der Waals surface area contributed by atoms with Crippen molar-refractivity contribution >= 4 is 0 Å². The number of ether oxygens (including phenoxy) is 1. The predicted octanol–water partition coefficient (Wildman–Crippen LogP) is 3.48. The Morgan fingerprint density at radius 3 is 2.81 bits per heavy atom. The molecular formula is C14H20O2. The fourth-order valence-corrected chi connectivity index (χ4v) is 1.42. The standard InChI is InChI=1S/C14H20O2/c1-4-8-16-13-7-5-6-12(10-13)14(15)9-11(2)3/h5-7,9-10,14-15H,4,8H2,1-3H3. The molecule has 0 saturated carbocycles. The van der Waals surface area contributed by atoms with Crippen LogP contribution in [0.3, 0.4) is 0 Å². The molecule has 0 spiro atoms. The molecule has 0 aliphatic rings. The SMILES string of the molecule is CCCOc1cccc(C(O)C=C(C)C)c1. The lowest BCUT2D eigenvalue weighted by molar-refractivity contribution is 0.226. The number of hydrogen-bond donors (Lipinski definition) is 1. The van der Waals surface area contributed by atoms with Crippen molar-refractivity contribution in [3.63, 3.8) is 0 Å². The minimum absolute atomic E-state index is 0.546. The van der Waals surface area contributed by atoms with Gasteiger partial charge in [-0.2, -0.15) is 0 Å². The van der Waals surface area contributed by atoms with E-state index >= 15 is 0 Å². The maximum atomic E-state index is 9.91. The Morgan fingerprint density at radius 1 is 1.44 bits per heavy atom. The number of rotatable bonds is 5. The van der Waals surface area contributed by atoms with E-state index in [4.69, 9.17) is 4.74 Å². The molecule has 0 fully saturated rings. The molecule has 1 atom stereocenters. The van der Waals surface area contributed by atoms with Crippen LogP contribution in [0.5, 0.6) is 5.75 Å². The lowest BCUT2D eigenvalue weighted by Gasteiger charge is -2.10. The van der Waals surface area contributed by atoms with Gasteiger partial charge >= 0.3 is 0 Å².